The molecule has 0 radical (unpaired) electrons. The lowest BCUT2D eigenvalue weighted by atomic mass is 9.98. The molecule has 1 rings (SSSR count). The van der Waals surface area contributed by atoms with Crippen LogP contribution >= 0.6 is 0 Å². The standard InChI is InChI=1S/C12H18O3/c1-12(2,15-11(13-3)14-4)10-8-6-5-7-9-10/h5-9,11H,1-4H3. The Balaban J connectivity index is 2.74. The van der Waals surface area contributed by atoms with Gasteiger partial charge in [-0.1, -0.05) is 30.3 Å². The van der Waals surface area contributed by atoms with Crippen LogP contribution in [0.3, 0.4) is 0 Å². The van der Waals surface area contributed by atoms with Gasteiger partial charge in [-0.25, -0.2) is 0 Å². The number of rotatable bonds is 5. The molecule has 0 fully saturated rings. The van der Waals surface area contributed by atoms with E-state index in [1.165, 1.54) is 0 Å². The van der Waals surface area contributed by atoms with E-state index in [4.69, 9.17) is 14.2 Å². The van der Waals surface area contributed by atoms with Crippen LogP contribution in [0.1, 0.15) is 19.4 Å². The molecule has 84 valence electrons. The Morgan fingerprint density at radius 2 is 1.53 bits per heavy atom. The molecule has 0 N–H and O–H groups in total. The Morgan fingerprint density at radius 1 is 1.00 bits per heavy atom. The van der Waals surface area contributed by atoms with Gasteiger partial charge in [0.2, 0.25) is 0 Å². The van der Waals surface area contributed by atoms with Gasteiger partial charge < -0.3 is 14.2 Å². The van der Waals surface area contributed by atoms with E-state index in [1.54, 1.807) is 14.2 Å². The molecule has 0 aliphatic rings. The summed E-state index contributed by atoms with van der Waals surface area (Å²) in [6.07, 6.45) is 0. The highest BCUT2D eigenvalue weighted by Crippen LogP contribution is 2.26. The fraction of sp³-hybridized carbons (Fsp3) is 0.500. The molecule has 0 heterocycles. The smallest absolute Gasteiger partial charge is 0.271 e. The molecule has 0 spiro atoms. The summed E-state index contributed by atoms with van der Waals surface area (Å²) in [6, 6.07) is 9.97. The van der Waals surface area contributed by atoms with Crippen molar-refractivity contribution in [3.63, 3.8) is 0 Å². The molecule has 15 heavy (non-hydrogen) atoms. The van der Waals surface area contributed by atoms with Gasteiger partial charge in [0.1, 0.15) is 0 Å². The minimum atomic E-state index is -0.639. The number of benzene rings is 1. The predicted octanol–water partition coefficient (Wildman–Crippen LogP) is 2.51. The summed E-state index contributed by atoms with van der Waals surface area (Å²) < 4.78 is 15.7. The van der Waals surface area contributed by atoms with E-state index in [2.05, 4.69) is 0 Å². The maximum atomic E-state index is 5.68. The van der Waals surface area contributed by atoms with Crippen molar-refractivity contribution < 1.29 is 14.2 Å². The molecule has 0 unspecified atom stereocenters. The SMILES string of the molecule is COC(OC)OC(C)(C)c1ccccc1. The largest absolute Gasteiger partial charge is 0.333 e. The lowest BCUT2D eigenvalue weighted by molar-refractivity contribution is -0.306. The molecule has 0 aromatic heterocycles. The topological polar surface area (TPSA) is 27.7 Å². The van der Waals surface area contributed by atoms with Gasteiger partial charge in [-0.05, 0) is 19.4 Å². The van der Waals surface area contributed by atoms with E-state index in [0.29, 0.717) is 0 Å². The van der Waals surface area contributed by atoms with Crippen LogP contribution in [0.2, 0.25) is 0 Å². The third kappa shape index (κ3) is 3.30. The fourth-order valence-electron chi connectivity index (χ4n) is 1.34. The van der Waals surface area contributed by atoms with Crippen LogP contribution in [0.4, 0.5) is 0 Å². The molecule has 0 bridgehead atoms. The molecule has 1 aromatic carbocycles. The van der Waals surface area contributed by atoms with Gasteiger partial charge in [-0.3, -0.25) is 0 Å². The average molecular weight is 210 g/mol. The van der Waals surface area contributed by atoms with E-state index in [0.717, 1.165) is 5.56 Å². The van der Waals surface area contributed by atoms with Gasteiger partial charge in [-0.15, -0.1) is 0 Å². The third-order valence-corrected chi connectivity index (χ3v) is 2.24. The summed E-state index contributed by atoms with van der Waals surface area (Å²) in [5.41, 5.74) is 0.655. The number of methoxy groups -OCH3 is 2. The summed E-state index contributed by atoms with van der Waals surface area (Å²) in [5.74, 6) is 0. The predicted molar refractivity (Wildman–Crippen MR) is 58.4 cm³/mol. The van der Waals surface area contributed by atoms with E-state index < -0.39 is 12.1 Å². The van der Waals surface area contributed by atoms with Crippen molar-refractivity contribution in [1.29, 1.82) is 0 Å². The first-order valence-corrected chi connectivity index (χ1v) is 4.89. The highest BCUT2D eigenvalue weighted by molar-refractivity contribution is 5.20. The van der Waals surface area contributed by atoms with Crippen LogP contribution in [0.25, 0.3) is 0 Å². The lowest BCUT2D eigenvalue weighted by Gasteiger charge is -2.29. The number of ether oxygens (including phenoxy) is 3. The second-order valence-corrected chi connectivity index (χ2v) is 3.75. The van der Waals surface area contributed by atoms with Crippen LogP contribution in [0.5, 0.6) is 0 Å². The van der Waals surface area contributed by atoms with Crippen molar-refractivity contribution in [2.24, 2.45) is 0 Å². The zero-order valence-electron chi connectivity index (χ0n) is 9.69. The molecule has 0 aliphatic heterocycles. The molecular weight excluding hydrogens is 192 g/mol. The van der Waals surface area contributed by atoms with Crippen molar-refractivity contribution in [3.05, 3.63) is 35.9 Å². The van der Waals surface area contributed by atoms with E-state index in [1.807, 2.05) is 44.2 Å². The highest BCUT2D eigenvalue weighted by atomic mass is 16.8. The summed E-state index contributed by atoms with van der Waals surface area (Å²) >= 11 is 0. The highest BCUT2D eigenvalue weighted by Gasteiger charge is 2.25. The second kappa shape index (κ2) is 5.26. The third-order valence-electron chi connectivity index (χ3n) is 2.24. The van der Waals surface area contributed by atoms with Gasteiger partial charge in [0, 0.05) is 14.2 Å². The minimum Gasteiger partial charge on any atom is -0.333 e. The average Bonchev–Trinajstić information content (AvgIpc) is 2.27. The van der Waals surface area contributed by atoms with Crippen molar-refractivity contribution >= 4 is 0 Å². The maximum Gasteiger partial charge on any atom is 0.271 e. The quantitative estimate of drug-likeness (QED) is 0.699. The molecule has 0 aliphatic carbocycles. The van der Waals surface area contributed by atoms with Gasteiger partial charge in [-0.2, -0.15) is 0 Å². The van der Waals surface area contributed by atoms with Crippen molar-refractivity contribution in [2.75, 3.05) is 14.2 Å². The van der Waals surface area contributed by atoms with Crippen LogP contribution in [-0.4, -0.2) is 20.7 Å². The molecule has 1 aromatic rings. The fourth-order valence-corrected chi connectivity index (χ4v) is 1.34. The Hall–Kier alpha value is -0.900. The molecule has 0 atom stereocenters. The van der Waals surface area contributed by atoms with Crippen molar-refractivity contribution in [1.82, 2.24) is 0 Å². The summed E-state index contributed by atoms with van der Waals surface area (Å²) in [7, 11) is 3.10. The van der Waals surface area contributed by atoms with Gasteiger partial charge in [0.25, 0.3) is 6.48 Å². The molecule has 0 saturated carbocycles. The Bertz CT molecular complexity index is 278. The minimum absolute atomic E-state index is 0.433. The summed E-state index contributed by atoms with van der Waals surface area (Å²) in [5, 5.41) is 0. The van der Waals surface area contributed by atoms with E-state index >= 15 is 0 Å². The molecule has 0 amide bonds. The Morgan fingerprint density at radius 3 is 2.00 bits per heavy atom. The maximum absolute atomic E-state index is 5.68. The van der Waals surface area contributed by atoms with Crippen molar-refractivity contribution in [2.45, 2.75) is 25.9 Å². The normalized spacial score (nSPS) is 12.1. The monoisotopic (exact) mass is 210 g/mol. The summed E-state index contributed by atoms with van der Waals surface area (Å²) in [4.78, 5) is 0. The van der Waals surface area contributed by atoms with Crippen molar-refractivity contribution in [3.8, 4) is 0 Å². The summed E-state index contributed by atoms with van der Waals surface area (Å²) in [6.45, 7) is 3.32. The van der Waals surface area contributed by atoms with Gasteiger partial charge in [0.15, 0.2) is 0 Å². The van der Waals surface area contributed by atoms with Crippen LogP contribution in [0.15, 0.2) is 30.3 Å². The Labute approximate surface area is 91.0 Å². The van der Waals surface area contributed by atoms with E-state index in [-0.39, 0.29) is 0 Å². The van der Waals surface area contributed by atoms with Crippen LogP contribution in [-0.2, 0) is 19.8 Å². The van der Waals surface area contributed by atoms with Crippen LogP contribution < -0.4 is 0 Å². The molecule has 3 heteroatoms. The molecule has 0 saturated heterocycles. The first-order chi connectivity index (χ1) is 7.10. The number of hydrogen-bond donors (Lipinski definition) is 0. The lowest BCUT2D eigenvalue weighted by Crippen LogP contribution is -2.30. The van der Waals surface area contributed by atoms with Gasteiger partial charge >= 0.3 is 0 Å². The number of hydrogen-bond acceptors (Lipinski definition) is 3. The first-order valence-electron chi connectivity index (χ1n) is 4.89. The molecular formula is C12H18O3. The zero-order valence-corrected chi connectivity index (χ0v) is 9.69. The first kappa shape index (κ1) is 12.2. The molecule has 3 nitrogen and oxygen atoms in total. The zero-order chi connectivity index (χ0) is 11.3. The second-order valence-electron chi connectivity index (χ2n) is 3.75. The Kier molecular flexibility index (Phi) is 4.27. The van der Waals surface area contributed by atoms with E-state index in [9.17, 15) is 0 Å². The van der Waals surface area contributed by atoms with Gasteiger partial charge in [0.05, 0.1) is 5.60 Å². The van der Waals surface area contributed by atoms with Crippen LogP contribution in [0, 0.1) is 0 Å².